The number of carbonyl (C=O) groups excluding carboxylic acids is 1. The summed E-state index contributed by atoms with van der Waals surface area (Å²) in [7, 11) is 0. The molecule has 2 aromatic carbocycles. The van der Waals surface area contributed by atoms with E-state index >= 15 is 0 Å². The van der Waals surface area contributed by atoms with E-state index < -0.39 is 0 Å². The summed E-state index contributed by atoms with van der Waals surface area (Å²) in [6.45, 7) is 4.64. The van der Waals surface area contributed by atoms with E-state index in [9.17, 15) is 9.18 Å². The number of amides is 1. The van der Waals surface area contributed by atoms with Crippen LogP contribution >= 0.6 is 0 Å². The first kappa shape index (κ1) is 19.3. The molecule has 1 aliphatic heterocycles. The molecule has 1 aliphatic rings. The molecule has 29 heavy (non-hydrogen) atoms. The van der Waals surface area contributed by atoms with Crippen molar-refractivity contribution in [1.29, 1.82) is 0 Å². The maximum absolute atomic E-state index is 13.3. The largest absolute Gasteiger partial charge is 0.352 e. The number of nitrogens with zero attached hydrogens (tertiary/aromatic N) is 2. The molecule has 4 rings (SSSR count). The Morgan fingerprint density at radius 1 is 1.21 bits per heavy atom. The molecule has 1 amide bonds. The Morgan fingerprint density at radius 2 is 1.97 bits per heavy atom. The Bertz CT molecular complexity index is 973. The molecule has 150 valence electrons. The van der Waals surface area contributed by atoms with Crippen molar-refractivity contribution in [3.8, 4) is 16.9 Å². The normalized spacial score (nSPS) is 16.6. The van der Waals surface area contributed by atoms with E-state index in [-0.39, 0.29) is 11.7 Å². The summed E-state index contributed by atoms with van der Waals surface area (Å²) in [5.41, 5.74) is 3.86. The number of aromatic nitrogens is 2. The van der Waals surface area contributed by atoms with Crippen molar-refractivity contribution in [3.05, 3.63) is 71.7 Å². The van der Waals surface area contributed by atoms with Gasteiger partial charge in [0.1, 0.15) is 11.5 Å². The number of halogens is 1. The van der Waals surface area contributed by atoms with E-state index in [1.165, 1.54) is 12.1 Å². The summed E-state index contributed by atoms with van der Waals surface area (Å²) >= 11 is 0. The lowest BCUT2D eigenvalue weighted by Gasteiger charge is -2.22. The van der Waals surface area contributed by atoms with Gasteiger partial charge in [0.15, 0.2) is 0 Å². The first-order chi connectivity index (χ1) is 14.1. The summed E-state index contributed by atoms with van der Waals surface area (Å²) in [5.74, 6) is 0.000834. The molecule has 1 unspecified atom stereocenters. The number of piperidine rings is 1. The number of hydrogen-bond acceptors (Lipinski definition) is 3. The first-order valence-electron chi connectivity index (χ1n) is 10.0. The fourth-order valence-corrected chi connectivity index (χ4v) is 3.62. The second-order valence-electron chi connectivity index (χ2n) is 7.60. The lowest BCUT2D eigenvalue weighted by atomic mass is 9.99. The van der Waals surface area contributed by atoms with Crippen LogP contribution in [0, 0.1) is 18.7 Å². The van der Waals surface area contributed by atoms with Gasteiger partial charge < -0.3 is 10.6 Å². The Balaban J connectivity index is 1.63. The fourth-order valence-electron chi connectivity index (χ4n) is 3.62. The molecule has 6 heteroatoms. The minimum absolute atomic E-state index is 0.139. The van der Waals surface area contributed by atoms with E-state index in [1.54, 1.807) is 23.0 Å². The topological polar surface area (TPSA) is 59.0 Å². The lowest BCUT2D eigenvalue weighted by Crippen LogP contribution is -2.38. The van der Waals surface area contributed by atoms with Crippen LogP contribution in [0.4, 0.5) is 4.39 Å². The summed E-state index contributed by atoms with van der Waals surface area (Å²) in [5, 5.41) is 11.1. The number of benzene rings is 2. The molecule has 1 atom stereocenters. The Hall–Kier alpha value is -2.99. The van der Waals surface area contributed by atoms with Crippen LogP contribution < -0.4 is 10.6 Å². The molecule has 3 aromatic rings. The molecule has 2 N–H and O–H groups in total. The molecule has 0 bridgehead atoms. The third-order valence-electron chi connectivity index (χ3n) is 5.33. The fraction of sp³-hybridized carbons (Fsp3) is 0.304. The number of rotatable bonds is 5. The highest BCUT2D eigenvalue weighted by Gasteiger charge is 2.20. The molecule has 0 saturated carbocycles. The summed E-state index contributed by atoms with van der Waals surface area (Å²) in [6, 6.07) is 14.0. The van der Waals surface area contributed by atoms with Crippen molar-refractivity contribution in [1.82, 2.24) is 20.4 Å². The number of hydrogen-bond donors (Lipinski definition) is 2. The minimum Gasteiger partial charge on any atom is -0.352 e. The van der Waals surface area contributed by atoms with E-state index in [1.807, 2.05) is 31.2 Å². The monoisotopic (exact) mass is 392 g/mol. The minimum atomic E-state index is -0.307. The third-order valence-corrected chi connectivity index (χ3v) is 5.33. The van der Waals surface area contributed by atoms with E-state index in [0.717, 1.165) is 37.1 Å². The number of carbonyl (C=O) groups is 1. The van der Waals surface area contributed by atoms with Gasteiger partial charge >= 0.3 is 0 Å². The molecular formula is C23H25FN4O. The van der Waals surface area contributed by atoms with Gasteiger partial charge in [0, 0.05) is 18.3 Å². The summed E-state index contributed by atoms with van der Waals surface area (Å²) < 4.78 is 14.9. The zero-order valence-electron chi connectivity index (χ0n) is 16.5. The van der Waals surface area contributed by atoms with Crippen LogP contribution in [0.5, 0.6) is 0 Å². The van der Waals surface area contributed by atoms with Gasteiger partial charge in [-0.05, 0) is 63.0 Å². The first-order valence-corrected chi connectivity index (χ1v) is 10.0. The van der Waals surface area contributed by atoms with Crippen molar-refractivity contribution < 1.29 is 9.18 Å². The van der Waals surface area contributed by atoms with E-state index in [2.05, 4.69) is 15.7 Å². The van der Waals surface area contributed by atoms with Crippen molar-refractivity contribution in [3.63, 3.8) is 0 Å². The van der Waals surface area contributed by atoms with Crippen LogP contribution in [0.3, 0.4) is 0 Å². The van der Waals surface area contributed by atoms with Crippen molar-refractivity contribution in [2.24, 2.45) is 5.92 Å². The quantitative estimate of drug-likeness (QED) is 0.696. The second kappa shape index (κ2) is 8.57. The Kier molecular flexibility index (Phi) is 5.71. The zero-order valence-corrected chi connectivity index (χ0v) is 16.5. The van der Waals surface area contributed by atoms with Gasteiger partial charge in [-0.2, -0.15) is 5.10 Å². The zero-order chi connectivity index (χ0) is 20.2. The molecule has 1 aromatic heterocycles. The predicted octanol–water partition coefficient (Wildman–Crippen LogP) is 3.72. The van der Waals surface area contributed by atoms with Crippen LogP contribution in [-0.2, 0) is 0 Å². The van der Waals surface area contributed by atoms with Crippen LogP contribution in [0.25, 0.3) is 16.9 Å². The molecule has 0 radical (unpaired) electrons. The van der Waals surface area contributed by atoms with Crippen molar-refractivity contribution in [2.45, 2.75) is 19.8 Å². The number of aryl methyl sites for hydroxylation is 1. The average molecular weight is 392 g/mol. The predicted molar refractivity (Wildman–Crippen MR) is 112 cm³/mol. The third kappa shape index (κ3) is 4.54. The van der Waals surface area contributed by atoms with Gasteiger partial charge in [0.25, 0.3) is 5.91 Å². The van der Waals surface area contributed by atoms with Crippen LogP contribution in [0.1, 0.15) is 28.8 Å². The molecule has 1 saturated heterocycles. The van der Waals surface area contributed by atoms with Crippen LogP contribution in [0.15, 0.2) is 54.7 Å². The summed E-state index contributed by atoms with van der Waals surface area (Å²) in [4.78, 5) is 13.0. The molecule has 0 spiro atoms. The highest BCUT2D eigenvalue weighted by atomic mass is 19.1. The average Bonchev–Trinajstić information content (AvgIpc) is 3.19. The van der Waals surface area contributed by atoms with E-state index in [4.69, 9.17) is 0 Å². The molecular weight excluding hydrogens is 367 g/mol. The number of nitrogens with one attached hydrogen (secondary N) is 2. The van der Waals surface area contributed by atoms with Crippen molar-refractivity contribution in [2.75, 3.05) is 19.6 Å². The maximum atomic E-state index is 13.3. The van der Waals surface area contributed by atoms with Crippen LogP contribution in [-0.4, -0.2) is 35.3 Å². The van der Waals surface area contributed by atoms with Gasteiger partial charge in [-0.3, -0.25) is 4.79 Å². The smallest absolute Gasteiger partial charge is 0.255 e. The van der Waals surface area contributed by atoms with Gasteiger partial charge in [-0.25, -0.2) is 9.07 Å². The lowest BCUT2D eigenvalue weighted by molar-refractivity contribution is 0.0945. The Morgan fingerprint density at radius 3 is 2.66 bits per heavy atom. The molecule has 0 aliphatic carbocycles. The van der Waals surface area contributed by atoms with Gasteiger partial charge in [0.05, 0.1) is 11.3 Å². The highest BCUT2D eigenvalue weighted by Crippen LogP contribution is 2.24. The molecule has 5 nitrogen and oxygen atoms in total. The van der Waals surface area contributed by atoms with Gasteiger partial charge in [-0.1, -0.05) is 29.8 Å². The molecule has 2 heterocycles. The highest BCUT2D eigenvalue weighted by molar-refractivity contribution is 5.99. The van der Waals surface area contributed by atoms with Crippen molar-refractivity contribution >= 4 is 5.91 Å². The molecule has 1 fully saturated rings. The summed E-state index contributed by atoms with van der Waals surface area (Å²) in [6.07, 6.45) is 3.97. The standard InChI is InChI=1S/C23H25FN4O/c1-16-4-6-18(7-5-16)22-21(23(29)26-14-17-3-2-12-25-13-17)15-28(27-22)20-10-8-19(24)9-11-20/h4-11,15,17,25H,2-3,12-14H2,1H3,(H,26,29). The second-order valence-corrected chi connectivity index (χ2v) is 7.60. The van der Waals surface area contributed by atoms with E-state index in [0.29, 0.717) is 29.4 Å². The van der Waals surface area contributed by atoms with Crippen LogP contribution in [0.2, 0.25) is 0 Å². The van der Waals surface area contributed by atoms with Gasteiger partial charge in [-0.15, -0.1) is 0 Å². The SMILES string of the molecule is Cc1ccc(-c2nn(-c3ccc(F)cc3)cc2C(=O)NCC2CCCNC2)cc1. The Labute approximate surface area is 169 Å². The van der Waals surface area contributed by atoms with Gasteiger partial charge in [0.2, 0.25) is 0 Å². The maximum Gasteiger partial charge on any atom is 0.255 e.